The van der Waals surface area contributed by atoms with Gasteiger partial charge >= 0.3 is 0 Å². The summed E-state index contributed by atoms with van der Waals surface area (Å²) in [6.45, 7) is 1.87. The first-order chi connectivity index (χ1) is 15.9. The van der Waals surface area contributed by atoms with Crippen molar-refractivity contribution in [3.8, 4) is 22.5 Å². The van der Waals surface area contributed by atoms with Crippen molar-refractivity contribution in [2.24, 2.45) is 0 Å². The Hall–Kier alpha value is -3.36. The van der Waals surface area contributed by atoms with Crippen LogP contribution in [-0.2, 0) is 4.79 Å². The fraction of sp³-hybridized carbons (Fsp3) is 0.0833. The van der Waals surface area contributed by atoms with Crippen LogP contribution in [0.2, 0.25) is 5.02 Å². The van der Waals surface area contributed by atoms with Gasteiger partial charge in [-0.25, -0.2) is 13.8 Å². The molecule has 1 heterocycles. The minimum Gasteiger partial charge on any atom is -0.325 e. The van der Waals surface area contributed by atoms with Gasteiger partial charge in [0, 0.05) is 21.8 Å². The zero-order valence-corrected chi connectivity index (χ0v) is 18.9. The molecule has 33 heavy (non-hydrogen) atoms. The predicted molar refractivity (Wildman–Crippen MR) is 126 cm³/mol. The molecule has 0 atom stereocenters. The molecule has 0 spiro atoms. The number of carbonyl (C=O) groups is 1. The summed E-state index contributed by atoms with van der Waals surface area (Å²) in [5.74, 6) is -1.13. The van der Waals surface area contributed by atoms with Crippen LogP contribution in [0.15, 0.2) is 71.9 Å². The Morgan fingerprint density at radius 1 is 0.939 bits per heavy atom. The van der Waals surface area contributed by atoms with E-state index in [1.807, 2.05) is 13.0 Å². The van der Waals surface area contributed by atoms with Crippen LogP contribution in [0.3, 0.4) is 0 Å². The second kappa shape index (κ2) is 10.1. The van der Waals surface area contributed by atoms with Crippen LogP contribution < -0.4 is 5.32 Å². The molecule has 0 saturated heterocycles. The van der Waals surface area contributed by atoms with Gasteiger partial charge in [0.15, 0.2) is 0 Å². The molecular formula is C24H17ClF2N4OS. The second-order valence-electron chi connectivity index (χ2n) is 7.11. The van der Waals surface area contributed by atoms with Crippen molar-refractivity contribution in [1.82, 2.24) is 15.2 Å². The highest BCUT2D eigenvalue weighted by Crippen LogP contribution is 2.30. The highest BCUT2D eigenvalue weighted by atomic mass is 35.5. The topological polar surface area (TPSA) is 67.8 Å². The van der Waals surface area contributed by atoms with Crippen molar-refractivity contribution >= 4 is 35.0 Å². The van der Waals surface area contributed by atoms with Crippen LogP contribution in [0.4, 0.5) is 14.5 Å². The number of aryl methyl sites for hydroxylation is 1. The number of rotatable bonds is 6. The van der Waals surface area contributed by atoms with E-state index >= 15 is 0 Å². The van der Waals surface area contributed by atoms with E-state index in [1.54, 1.807) is 36.4 Å². The molecule has 1 aromatic heterocycles. The first kappa shape index (κ1) is 22.8. The Bertz CT molecular complexity index is 1340. The van der Waals surface area contributed by atoms with E-state index in [4.69, 9.17) is 11.6 Å². The quantitative estimate of drug-likeness (QED) is 0.332. The average Bonchev–Trinajstić information content (AvgIpc) is 2.80. The van der Waals surface area contributed by atoms with Crippen LogP contribution in [0, 0.1) is 18.6 Å². The van der Waals surface area contributed by atoms with Gasteiger partial charge < -0.3 is 5.32 Å². The molecule has 3 aromatic carbocycles. The first-order valence-corrected chi connectivity index (χ1v) is 11.2. The Labute approximate surface area is 198 Å². The van der Waals surface area contributed by atoms with Gasteiger partial charge in [0.05, 0.1) is 5.75 Å². The lowest BCUT2D eigenvalue weighted by Gasteiger charge is -2.10. The number of carbonyl (C=O) groups excluding carboxylic acids is 1. The molecule has 5 nitrogen and oxygen atoms in total. The number of amides is 1. The molecule has 0 aliphatic heterocycles. The largest absolute Gasteiger partial charge is 0.325 e. The molecule has 0 radical (unpaired) electrons. The number of thioether (sulfide) groups is 1. The van der Waals surface area contributed by atoms with Crippen LogP contribution >= 0.6 is 23.4 Å². The number of aromatic nitrogens is 3. The molecule has 166 valence electrons. The van der Waals surface area contributed by atoms with Gasteiger partial charge in [-0.1, -0.05) is 53.7 Å². The molecule has 1 amide bonds. The highest BCUT2D eigenvalue weighted by molar-refractivity contribution is 7.99. The maximum Gasteiger partial charge on any atom is 0.234 e. The third kappa shape index (κ3) is 5.71. The molecule has 1 N–H and O–H groups in total. The summed E-state index contributed by atoms with van der Waals surface area (Å²) in [6.07, 6.45) is 0. The van der Waals surface area contributed by atoms with E-state index < -0.39 is 11.6 Å². The Kier molecular flexibility index (Phi) is 6.96. The summed E-state index contributed by atoms with van der Waals surface area (Å²) < 4.78 is 27.7. The molecule has 0 saturated carbocycles. The van der Waals surface area contributed by atoms with Crippen molar-refractivity contribution < 1.29 is 13.6 Å². The number of nitrogens with zero attached hydrogens (tertiary/aromatic N) is 3. The van der Waals surface area contributed by atoms with E-state index in [0.29, 0.717) is 33.2 Å². The highest BCUT2D eigenvalue weighted by Gasteiger charge is 2.16. The number of benzene rings is 3. The molecule has 0 aliphatic rings. The standard InChI is InChI=1S/C24H17ClF2N4OS/c1-14-8-9-19(12-20(14)25)28-21(32)13-33-24-29-22(15-4-2-6-17(26)10-15)23(30-31-24)16-5-3-7-18(27)11-16/h2-12H,13H2,1H3,(H,28,32). The van der Waals surface area contributed by atoms with Crippen molar-refractivity contribution in [2.45, 2.75) is 12.1 Å². The molecule has 0 fully saturated rings. The van der Waals surface area contributed by atoms with E-state index in [1.165, 1.54) is 24.3 Å². The summed E-state index contributed by atoms with van der Waals surface area (Å²) in [6, 6.07) is 17.0. The van der Waals surface area contributed by atoms with Gasteiger partial charge in [-0.3, -0.25) is 4.79 Å². The van der Waals surface area contributed by atoms with Gasteiger partial charge in [-0.15, -0.1) is 10.2 Å². The van der Waals surface area contributed by atoms with Crippen LogP contribution in [-0.4, -0.2) is 26.8 Å². The molecule has 0 bridgehead atoms. The lowest BCUT2D eigenvalue weighted by molar-refractivity contribution is -0.113. The fourth-order valence-electron chi connectivity index (χ4n) is 3.04. The van der Waals surface area contributed by atoms with Crippen molar-refractivity contribution in [3.63, 3.8) is 0 Å². The number of anilines is 1. The lowest BCUT2D eigenvalue weighted by Crippen LogP contribution is -2.14. The first-order valence-electron chi connectivity index (χ1n) is 9.84. The molecule has 0 unspecified atom stereocenters. The monoisotopic (exact) mass is 482 g/mol. The smallest absolute Gasteiger partial charge is 0.234 e. The number of hydrogen-bond donors (Lipinski definition) is 1. The van der Waals surface area contributed by atoms with Crippen LogP contribution in [0.25, 0.3) is 22.5 Å². The molecule has 4 aromatic rings. The Morgan fingerprint density at radius 2 is 1.61 bits per heavy atom. The van der Waals surface area contributed by atoms with E-state index in [9.17, 15) is 13.6 Å². The van der Waals surface area contributed by atoms with Gasteiger partial charge in [0.2, 0.25) is 11.1 Å². The molecule has 9 heteroatoms. The molecule has 0 aliphatic carbocycles. The number of halogens is 3. The van der Waals surface area contributed by atoms with Crippen molar-refractivity contribution in [1.29, 1.82) is 0 Å². The summed E-state index contributed by atoms with van der Waals surface area (Å²) >= 11 is 7.17. The maximum atomic E-state index is 13.9. The fourth-order valence-corrected chi connectivity index (χ4v) is 3.80. The third-order valence-corrected chi connectivity index (χ3v) is 5.90. The molecule has 4 rings (SSSR count). The summed E-state index contributed by atoms with van der Waals surface area (Å²) in [4.78, 5) is 16.9. The Balaban J connectivity index is 1.58. The normalized spacial score (nSPS) is 10.8. The minimum absolute atomic E-state index is 0.0229. The lowest BCUT2D eigenvalue weighted by atomic mass is 10.0. The zero-order valence-electron chi connectivity index (χ0n) is 17.3. The van der Waals surface area contributed by atoms with Crippen LogP contribution in [0.5, 0.6) is 0 Å². The van der Waals surface area contributed by atoms with Gasteiger partial charge in [0.1, 0.15) is 23.0 Å². The predicted octanol–water partition coefficient (Wildman–Crippen LogP) is 6.18. The average molecular weight is 483 g/mol. The van der Waals surface area contributed by atoms with Gasteiger partial charge in [0.25, 0.3) is 0 Å². The summed E-state index contributed by atoms with van der Waals surface area (Å²) in [7, 11) is 0. The SMILES string of the molecule is Cc1ccc(NC(=O)CSc2nnc(-c3cccc(F)c3)c(-c3cccc(F)c3)n2)cc1Cl. The van der Waals surface area contributed by atoms with Crippen molar-refractivity contribution in [2.75, 3.05) is 11.1 Å². The maximum absolute atomic E-state index is 13.9. The molecular weight excluding hydrogens is 466 g/mol. The van der Waals surface area contributed by atoms with Crippen molar-refractivity contribution in [3.05, 3.63) is 89.0 Å². The number of hydrogen-bond acceptors (Lipinski definition) is 5. The van der Waals surface area contributed by atoms with Gasteiger partial charge in [-0.2, -0.15) is 0 Å². The Morgan fingerprint density at radius 3 is 2.24 bits per heavy atom. The van der Waals surface area contributed by atoms with Crippen LogP contribution in [0.1, 0.15) is 5.56 Å². The second-order valence-corrected chi connectivity index (χ2v) is 8.46. The third-order valence-electron chi connectivity index (χ3n) is 4.65. The van der Waals surface area contributed by atoms with E-state index in [2.05, 4.69) is 20.5 Å². The minimum atomic E-state index is -0.443. The van der Waals surface area contributed by atoms with E-state index in [-0.39, 0.29) is 16.8 Å². The van der Waals surface area contributed by atoms with Gasteiger partial charge in [-0.05, 0) is 48.9 Å². The summed E-state index contributed by atoms with van der Waals surface area (Å²) in [5.41, 5.74) is 3.06. The van der Waals surface area contributed by atoms with E-state index in [0.717, 1.165) is 17.3 Å². The summed E-state index contributed by atoms with van der Waals surface area (Å²) in [5, 5.41) is 11.8. The number of nitrogens with one attached hydrogen (secondary N) is 1. The zero-order chi connectivity index (χ0) is 23.4.